The zero-order valence-corrected chi connectivity index (χ0v) is 11.0. The molecule has 0 aliphatic carbocycles. The summed E-state index contributed by atoms with van der Waals surface area (Å²) in [6.45, 7) is 0. The van der Waals surface area contributed by atoms with Gasteiger partial charge in [0.2, 0.25) is 0 Å². The molecule has 102 valence electrons. The molecule has 0 unspecified atom stereocenters. The Morgan fingerprint density at radius 3 is 2.85 bits per heavy atom. The summed E-state index contributed by atoms with van der Waals surface area (Å²) in [6, 6.07) is 7.30. The minimum Gasteiger partial charge on any atom is -0.496 e. The first-order chi connectivity index (χ1) is 9.60. The number of carboxylic acids is 1. The number of nitrogens with zero attached hydrogens (tertiary/aromatic N) is 2. The smallest absolute Gasteiger partial charge is 0.356 e. The maximum Gasteiger partial charge on any atom is 0.356 e. The van der Waals surface area contributed by atoms with E-state index in [2.05, 4.69) is 10.1 Å². The zero-order valence-electron chi connectivity index (χ0n) is 11.0. The molecule has 2 aromatic heterocycles. The number of ether oxygens (including phenoxy) is 1. The third kappa shape index (κ3) is 1.82. The molecule has 0 saturated carbocycles. The van der Waals surface area contributed by atoms with Gasteiger partial charge >= 0.3 is 5.97 Å². The third-order valence-corrected chi connectivity index (χ3v) is 3.25. The molecular formula is C14H13N3O3. The molecule has 0 saturated heterocycles. The van der Waals surface area contributed by atoms with Crippen LogP contribution < -0.4 is 4.74 Å². The van der Waals surface area contributed by atoms with E-state index in [9.17, 15) is 4.79 Å². The number of carboxylic acid groups (broad SMARTS) is 1. The van der Waals surface area contributed by atoms with Gasteiger partial charge in [-0.25, -0.2) is 4.79 Å². The molecule has 0 radical (unpaired) electrons. The fourth-order valence-electron chi connectivity index (χ4n) is 2.29. The van der Waals surface area contributed by atoms with Crippen LogP contribution in [0.1, 0.15) is 10.5 Å². The number of nitrogens with one attached hydrogen (secondary N) is 1. The number of H-pyrrole nitrogens is 1. The van der Waals surface area contributed by atoms with E-state index in [1.807, 2.05) is 24.4 Å². The van der Waals surface area contributed by atoms with Crippen LogP contribution >= 0.6 is 0 Å². The van der Waals surface area contributed by atoms with Crippen LogP contribution in [-0.4, -0.2) is 33.0 Å². The fourth-order valence-corrected chi connectivity index (χ4v) is 2.29. The van der Waals surface area contributed by atoms with E-state index in [-0.39, 0.29) is 5.69 Å². The number of aryl methyl sites for hydroxylation is 1. The minimum absolute atomic E-state index is 0.0213. The van der Waals surface area contributed by atoms with E-state index in [1.165, 1.54) is 0 Å². The van der Waals surface area contributed by atoms with Crippen LogP contribution in [0, 0.1) is 0 Å². The molecule has 0 aliphatic rings. The summed E-state index contributed by atoms with van der Waals surface area (Å²) in [4.78, 5) is 14.1. The van der Waals surface area contributed by atoms with Crippen molar-refractivity contribution in [3.63, 3.8) is 0 Å². The van der Waals surface area contributed by atoms with E-state index < -0.39 is 5.97 Å². The van der Waals surface area contributed by atoms with Crippen molar-refractivity contribution in [2.45, 2.75) is 0 Å². The van der Waals surface area contributed by atoms with E-state index in [0.29, 0.717) is 0 Å². The van der Waals surface area contributed by atoms with E-state index >= 15 is 0 Å². The number of benzene rings is 1. The monoisotopic (exact) mass is 271 g/mol. The highest BCUT2D eigenvalue weighted by Gasteiger charge is 2.14. The van der Waals surface area contributed by atoms with Crippen LogP contribution in [0.2, 0.25) is 0 Å². The van der Waals surface area contributed by atoms with Crippen molar-refractivity contribution in [1.82, 2.24) is 14.8 Å². The number of aromatic amines is 1. The Kier molecular flexibility index (Phi) is 2.71. The predicted octanol–water partition coefficient (Wildman–Crippen LogP) is 2.28. The Morgan fingerprint density at radius 1 is 1.40 bits per heavy atom. The van der Waals surface area contributed by atoms with Gasteiger partial charge in [0, 0.05) is 29.7 Å². The molecule has 0 spiro atoms. The summed E-state index contributed by atoms with van der Waals surface area (Å²) in [6.07, 6.45) is 1.84. The second-order valence-corrected chi connectivity index (χ2v) is 4.46. The van der Waals surface area contributed by atoms with Gasteiger partial charge in [-0.3, -0.25) is 4.68 Å². The molecular weight excluding hydrogens is 258 g/mol. The van der Waals surface area contributed by atoms with Crippen LogP contribution in [-0.2, 0) is 7.05 Å². The first-order valence-corrected chi connectivity index (χ1v) is 6.03. The number of methoxy groups -OCH3 is 1. The Balaban J connectivity index is 2.21. The normalized spacial score (nSPS) is 10.9. The average Bonchev–Trinajstić information content (AvgIpc) is 3.03. The lowest BCUT2D eigenvalue weighted by atomic mass is 10.1. The first kappa shape index (κ1) is 12.3. The van der Waals surface area contributed by atoms with Gasteiger partial charge < -0.3 is 14.8 Å². The predicted molar refractivity (Wildman–Crippen MR) is 74.0 cm³/mol. The molecule has 3 aromatic rings. The largest absolute Gasteiger partial charge is 0.496 e. The van der Waals surface area contributed by atoms with Gasteiger partial charge in [-0.15, -0.1) is 0 Å². The summed E-state index contributed by atoms with van der Waals surface area (Å²) >= 11 is 0. The van der Waals surface area contributed by atoms with Crippen molar-refractivity contribution < 1.29 is 14.6 Å². The summed E-state index contributed by atoms with van der Waals surface area (Å²) in [5.74, 6) is -0.309. The molecule has 2 N–H and O–H groups in total. The van der Waals surface area contributed by atoms with Crippen LogP contribution in [0.15, 0.2) is 30.5 Å². The van der Waals surface area contributed by atoms with Crippen molar-refractivity contribution in [3.05, 3.63) is 36.2 Å². The van der Waals surface area contributed by atoms with Gasteiger partial charge in [0.1, 0.15) is 5.75 Å². The number of fused-ring (bicyclic) bond motifs is 1. The molecule has 0 aliphatic heterocycles. The summed E-state index contributed by atoms with van der Waals surface area (Å²) in [7, 11) is 3.32. The highest BCUT2D eigenvalue weighted by Crippen LogP contribution is 2.32. The first-order valence-electron chi connectivity index (χ1n) is 6.03. The number of aromatic carboxylic acids is 1. The highest BCUT2D eigenvalue weighted by atomic mass is 16.5. The number of hydrogen-bond acceptors (Lipinski definition) is 3. The second kappa shape index (κ2) is 4.41. The second-order valence-electron chi connectivity index (χ2n) is 4.46. The van der Waals surface area contributed by atoms with Gasteiger partial charge in [-0.05, 0) is 24.3 Å². The fraction of sp³-hybridized carbons (Fsp3) is 0.143. The lowest BCUT2D eigenvalue weighted by Gasteiger charge is -2.07. The van der Waals surface area contributed by atoms with Crippen LogP contribution in [0.4, 0.5) is 0 Å². The molecule has 6 nitrogen and oxygen atoms in total. The average molecular weight is 271 g/mol. The molecule has 0 fully saturated rings. The Morgan fingerprint density at radius 2 is 2.20 bits per heavy atom. The lowest BCUT2D eigenvalue weighted by Crippen LogP contribution is -1.99. The summed E-state index contributed by atoms with van der Waals surface area (Å²) in [5.41, 5.74) is 2.52. The molecule has 0 amide bonds. The van der Waals surface area contributed by atoms with Gasteiger partial charge in [0.05, 0.1) is 12.8 Å². The molecule has 1 aromatic carbocycles. The van der Waals surface area contributed by atoms with E-state index in [0.717, 1.165) is 27.9 Å². The molecule has 3 rings (SSSR count). The van der Waals surface area contributed by atoms with Crippen molar-refractivity contribution >= 4 is 16.9 Å². The van der Waals surface area contributed by atoms with E-state index in [1.54, 1.807) is 24.9 Å². The number of carbonyl (C=O) groups is 1. The van der Waals surface area contributed by atoms with E-state index in [4.69, 9.17) is 9.84 Å². The Hall–Kier alpha value is -2.76. The highest BCUT2D eigenvalue weighted by molar-refractivity contribution is 5.91. The van der Waals surface area contributed by atoms with Crippen molar-refractivity contribution in [2.24, 2.45) is 7.05 Å². The maximum absolute atomic E-state index is 11.0. The Labute approximate surface area is 114 Å². The SMILES string of the molecule is COc1cc(-c2cc(C(=O)O)nn2C)cc2[nH]ccc12. The van der Waals surface area contributed by atoms with Crippen LogP contribution in [0.25, 0.3) is 22.2 Å². The lowest BCUT2D eigenvalue weighted by molar-refractivity contribution is 0.0689. The molecule has 0 atom stereocenters. The molecule has 0 bridgehead atoms. The van der Waals surface area contributed by atoms with Gasteiger partial charge in [-0.1, -0.05) is 0 Å². The number of hydrogen-bond donors (Lipinski definition) is 2. The van der Waals surface area contributed by atoms with Gasteiger partial charge in [0.15, 0.2) is 5.69 Å². The summed E-state index contributed by atoms with van der Waals surface area (Å²) < 4.78 is 6.92. The summed E-state index contributed by atoms with van der Waals surface area (Å²) in [5, 5.41) is 14.0. The third-order valence-electron chi connectivity index (χ3n) is 3.25. The standard InChI is InChI=1S/C14H13N3O3/c1-17-12(7-11(16-17)14(18)19)8-5-10-9(3-4-15-10)13(6-8)20-2/h3-7,15H,1-2H3,(H,18,19). The minimum atomic E-state index is -1.04. The number of aromatic nitrogens is 3. The van der Waals surface area contributed by atoms with Crippen LogP contribution in [0.5, 0.6) is 5.75 Å². The van der Waals surface area contributed by atoms with Gasteiger partial charge in [0.25, 0.3) is 0 Å². The topological polar surface area (TPSA) is 80.1 Å². The van der Waals surface area contributed by atoms with Crippen molar-refractivity contribution in [3.8, 4) is 17.0 Å². The van der Waals surface area contributed by atoms with Crippen LogP contribution in [0.3, 0.4) is 0 Å². The number of rotatable bonds is 3. The quantitative estimate of drug-likeness (QED) is 0.765. The van der Waals surface area contributed by atoms with Crippen molar-refractivity contribution in [2.75, 3.05) is 7.11 Å². The Bertz CT molecular complexity index is 801. The van der Waals surface area contributed by atoms with Crippen molar-refractivity contribution in [1.29, 1.82) is 0 Å². The zero-order chi connectivity index (χ0) is 14.3. The molecule has 2 heterocycles. The molecule has 20 heavy (non-hydrogen) atoms. The molecule has 6 heteroatoms. The maximum atomic E-state index is 11.0. The van der Waals surface area contributed by atoms with Gasteiger partial charge in [-0.2, -0.15) is 5.10 Å².